The first-order valence-electron chi connectivity index (χ1n) is 9.94. The topological polar surface area (TPSA) is 61.8 Å². The molecule has 0 spiro atoms. The number of benzene rings is 1. The molecule has 1 aromatic carbocycles. The highest BCUT2D eigenvalue weighted by molar-refractivity contribution is 14.0. The Hall–Kier alpha value is -1.87. The second-order valence-electron chi connectivity index (χ2n) is 7.18. The summed E-state index contributed by atoms with van der Waals surface area (Å²) < 4.78 is 5.46. The van der Waals surface area contributed by atoms with Crippen molar-refractivity contribution in [2.45, 2.75) is 26.8 Å². The van der Waals surface area contributed by atoms with Crippen LogP contribution < -0.4 is 15.5 Å². The van der Waals surface area contributed by atoms with Crippen LogP contribution in [0.15, 0.2) is 41.5 Å². The first-order chi connectivity index (χ1) is 13.7. The average molecular weight is 509 g/mol. The zero-order valence-electron chi connectivity index (χ0n) is 17.6. The van der Waals surface area contributed by atoms with Gasteiger partial charge in [-0.1, -0.05) is 35.4 Å². The fourth-order valence-electron chi connectivity index (χ4n) is 3.57. The molecule has 2 N–H and O–H groups in total. The van der Waals surface area contributed by atoms with Crippen LogP contribution >= 0.6 is 24.0 Å². The molecule has 29 heavy (non-hydrogen) atoms. The van der Waals surface area contributed by atoms with Gasteiger partial charge in [0.25, 0.3) is 0 Å². The van der Waals surface area contributed by atoms with E-state index < -0.39 is 0 Å². The first-order valence-corrected chi connectivity index (χ1v) is 9.94. The Morgan fingerprint density at radius 1 is 1.14 bits per heavy atom. The van der Waals surface area contributed by atoms with Crippen LogP contribution in [0.1, 0.15) is 22.3 Å². The fraction of sp³-hybridized carbons (Fsp3) is 0.455. The van der Waals surface area contributed by atoms with Crippen molar-refractivity contribution in [3.63, 3.8) is 0 Å². The van der Waals surface area contributed by atoms with Crippen LogP contribution in [-0.4, -0.2) is 50.8 Å². The van der Waals surface area contributed by atoms with Gasteiger partial charge in [0.1, 0.15) is 5.82 Å². The predicted octanol–water partition coefficient (Wildman–Crippen LogP) is 3.06. The number of ether oxygens (including phenoxy) is 1. The molecule has 0 amide bonds. The molecule has 0 aliphatic carbocycles. The number of hydrogen-bond donors (Lipinski definition) is 2. The van der Waals surface area contributed by atoms with Crippen molar-refractivity contribution in [1.29, 1.82) is 0 Å². The molecule has 1 aliphatic heterocycles. The number of rotatable bonds is 6. The van der Waals surface area contributed by atoms with Crippen molar-refractivity contribution in [2.75, 3.05) is 44.8 Å². The Balaban J connectivity index is 0.00000300. The number of morpholine rings is 1. The van der Waals surface area contributed by atoms with E-state index in [9.17, 15) is 0 Å². The van der Waals surface area contributed by atoms with Gasteiger partial charge in [-0.15, -0.1) is 24.0 Å². The van der Waals surface area contributed by atoms with Gasteiger partial charge in [-0.2, -0.15) is 0 Å². The van der Waals surface area contributed by atoms with Gasteiger partial charge in [0.2, 0.25) is 0 Å². The van der Waals surface area contributed by atoms with E-state index in [1.807, 2.05) is 12.3 Å². The van der Waals surface area contributed by atoms with E-state index >= 15 is 0 Å². The molecule has 1 saturated heterocycles. The molecular formula is C22H32IN5O. The quantitative estimate of drug-likeness (QED) is 0.356. The summed E-state index contributed by atoms with van der Waals surface area (Å²) in [5.41, 5.74) is 5.14. The lowest BCUT2D eigenvalue weighted by atomic mass is 10.1. The molecule has 2 heterocycles. The minimum atomic E-state index is 0. The van der Waals surface area contributed by atoms with E-state index in [1.54, 1.807) is 7.05 Å². The van der Waals surface area contributed by atoms with Gasteiger partial charge in [-0.05, 0) is 31.9 Å². The minimum Gasteiger partial charge on any atom is -0.378 e. The molecule has 0 atom stereocenters. The van der Waals surface area contributed by atoms with E-state index in [0.29, 0.717) is 6.54 Å². The van der Waals surface area contributed by atoms with E-state index in [4.69, 9.17) is 4.74 Å². The van der Waals surface area contributed by atoms with Gasteiger partial charge in [0.05, 0.1) is 13.2 Å². The molecule has 158 valence electrons. The van der Waals surface area contributed by atoms with Crippen LogP contribution in [0.5, 0.6) is 0 Å². The van der Waals surface area contributed by atoms with Crippen molar-refractivity contribution in [3.05, 3.63) is 58.8 Å². The summed E-state index contributed by atoms with van der Waals surface area (Å²) in [6, 6.07) is 10.8. The van der Waals surface area contributed by atoms with Crippen molar-refractivity contribution in [2.24, 2.45) is 4.99 Å². The number of guanidine groups is 1. The molecule has 0 unspecified atom stereocenters. The van der Waals surface area contributed by atoms with Crippen LogP contribution in [-0.2, 0) is 17.7 Å². The maximum Gasteiger partial charge on any atom is 0.191 e. The van der Waals surface area contributed by atoms with Gasteiger partial charge < -0.3 is 20.3 Å². The minimum absolute atomic E-state index is 0. The third-order valence-corrected chi connectivity index (χ3v) is 4.84. The number of nitrogens with one attached hydrogen (secondary N) is 2. The van der Waals surface area contributed by atoms with E-state index in [-0.39, 0.29) is 24.0 Å². The number of aliphatic imine (C=N–C) groups is 1. The van der Waals surface area contributed by atoms with Gasteiger partial charge in [-0.3, -0.25) is 4.99 Å². The Bertz CT molecular complexity index is 785. The Labute approximate surface area is 191 Å². The molecule has 1 aliphatic rings. The second kappa shape index (κ2) is 12.0. The summed E-state index contributed by atoms with van der Waals surface area (Å²) in [4.78, 5) is 11.2. The molecule has 1 fully saturated rings. The molecule has 1 aromatic heterocycles. The van der Waals surface area contributed by atoms with Crippen LogP contribution in [0.3, 0.4) is 0 Å². The lowest BCUT2D eigenvalue weighted by molar-refractivity contribution is 0.122. The van der Waals surface area contributed by atoms with Crippen LogP contribution in [0.25, 0.3) is 0 Å². The molecule has 6 nitrogen and oxygen atoms in total. The normalized spacial score (nSPS) is 14.3. The summed E-state index contributed by atoms with van der Waals surface area (Å²) in [5.74, 6) is 1.84. The molecular weight excluding hydrogens is 477 g/mol. The molecule has 0 bridgehead atoms. The first kappa shape index (κ1) is 23.4. The highest BCUT2D eigenvalue weighted by atomic mass is 127. The predicted molar refractivity (Wildman–Crippen MR) is 131 cm³/mol. The van der Waals surface area contributed by atoms with Crippen molar-refractivity contribution >= 4 is 35.8 Å². The number of hydrogen-bond acceptors (Lipinski definition) is 4. The summed E-state index contributed by atoms with van der Waals surface area (Å²) in [7, 11) is 1.80. The molecule has 3 rings (SSSR count). The van der Waals surface area contributed by atoms with Crippen LogP contribution in [0, 0.1) is 13.8 Å². The summed E-state index contributed by atoms with van der Waals surface area (Å²) >= 11 is 0. The number of aryl methyl sites for hydroxylation is 2. The third kappa shape index (κ3) is 7.15. The van der Waals surface area contributed by atoms with E-state index in [0.717, 1.165) is 51.0 Å². The number of halogens is 1. The number of pyridine rings is 1. The van der Waals surface area contributed by atoms with Gasteiger partial charge in [0.15, 0.2) is 5.96 Å². The number of nitrogens with zero attached hydrogens (tertiary/aromatic N) is 3. The van der Waals surface area contributed by atoms with Crippen molar-refractivity contribution < 1.29 is 4.74 Å². The lowest BCUT2D eigenvalue weighted by Gasteiger charge is -2.29. The maximum absolute atomic E-state index is 5.46. The molecule has 7 heteroatoms. The van der Waals surface area contributed by atoms with Gasteiger partial charge in [-0.25, -0.2) is 4.98 Å². The monoisotopic (exact) mass is 509 g/mol. The second-order valence-corrected chi connectivity index (χ2v) is 7.18. The zero-order chi connectivity index (χ0) is 19.8. The maximum atomic E-state index is 5.46. The third-order valence-electron chi connectivity index (χ3n) is 4.84. The average Bonchev–Trinajstić information content (AvgIpc) is 2.71. The van der Waals surface area contributed by atoms with E-state index in [2.05, 4.69) is 63.6 Å². The van der Waals surface area contributed by atoms with E-state index in [1.165, 1.54) is 22.3 Å². The Morgan fingerprint density at radius 3 is 2.55 bits per heavy atom. The number of aromatic nitrogens is 1. The van der Waals surface area contributed by atoms with Crippen LogP contribution in [0.4, 0.5) is 5.82 Å². The molecule has 0 saturated carbocycles. The lowest BCUT2D eigenvalue weighted by Crippen LogP contribution is -2.40. The number of anilines is 1. The van der Waals surface area contributed by atoms with Crippen molar-refractivity contribution in [1.82, 2.24) is 15.6 Å². The summed E-state index contributed by atoms with van der Waals surface area (Å²) in [6.45, 7) is 9.08. The smallest absolute Gasteiger partial charge is 0.191 e. The summed E-state index contributed by atoms with van der Waals surface area (Å²) in [5, 5.41) is 6.83. The van der Waals surface area contributed by atoms with Crippen LogP contribution in [0.2, 0.25) is 0 Å². The highest BCUT2D eigenvalue weighted by Gasteiger charge is 2.15. The largest absolute Gasteiger partial charge is 0.378 e. The Morgan fingerprint density at radius 2 is 1.86 bits per heavy atom. The van der Waals surface area contributed by atoms with Crippen molar-refractivity contribution in [3.8, 4) is 0 Å². The standard InChI is InChI=1S/C22H31N5O.HI/c1-17-13-18(2)15-19(14-17)6-8-25-22(23-3)26-16-20-5-4-7-24-21(20)27-9-11-28-12-10-27;/h4-5,7,13-15H,6,8-12,16H2,1-3H3,(H2,23,25,26);1H. The SMILES string of the molecule is CN=C(NCCc1cc(C)cc(C)c1)NCc1cccnc1N1CCOCC1.I. The molecule has 2 aromatic rings. The fourth-order valence-corrected chi connectivity index (χ4v) is 3.57. The van der Waals surface area contributed by atoms with Gasteiger partial charge >= 0.3 is 0 Å². The highest BCUT2D eigenvalue weighted by Crippen LogP contribution is 2.18. The summed E-state index contributed by atoms with van der Waals surface area (Å²) in [6.07, 6.45) is 2.82. The molecule has 0 radical (unpaired) electrons. The zero-order valence-corrected chi connectivity index (χ0v) is 19.9. The Kier molecular flexibility index (Phi) is 9.66. The van der Waals surface area contributed by atoms with Gasteiger partial charge in [0, 0.05) is 45.0 Å².